The number of hydrogen-bond acceptors (Lipinski definition) is 5. The second kappa shape index (κ2) is 11.1. The molecule has 2 aromatic carbocycles. The van der Waals surface area contributed by atoms with Gasteiger partial charge >= 0.3 is 0 Å². The van der Waals surface area contributed by atoms with Crippen LogP contribution in [0.15, 0.2) is 48.5 Å². The molecule has 3 fully saturated rings. The maximum Gasteiger partial charge on any atom is 0.253 e. The minimum absolute atomic E-state index is 0.00247. The Morgan fingerprint density at radius 3 is 2.31 bits per heavy atom. The standard InChI is InChI=1S/C28H35N5O3/c34-26(21-8-9-21)30-24-20-23(28(36)32-14-4-12-29-13-17-32)10-11-25(24)31-15-5-16-33(19-18-31)27(35)22-6-2-1-3-7-22/h1-3,6-7,10-11,20-21,29H,4-5,8-9,12-19H2,(H,30,34). The Morgan fingerprint density at radius 1 is 0.750 bits per heavy atom. The van der Waals surface area contributed by atoms with Crippen LogP contribution in [0.4, 0.5) is 11.4 Å². The molecule has 190 valence electrons. The van der Waals surface area contributed by atoms with Crippen molar-refractivity contribution in [2.75, 3.05) is 62.6 Å². The molecule has 0 bridgehead atoms. The fourth-order valence-corrected chi connectivity index (χ4v) is 4.98. The molecule has 0 aromatic heterocycles. The van der Waals surface area contributed by atoms with Crippen LogP contribution in [-0.4, -0.2) is 79.9 Å². The van der Waals surface area contributed by atoms with Gasteiger partial charge in [0.1, 0.15) is 0 Å². The molecule has 1 aliphatic carbocycles. The Hall–Kier alpha value is -3.39. The van der Waals surface area contributed by atoms with E-state index in [2.05, 4.69) is 15.5 Å². The topological polar surface area (TPSA) is 85.0 Å². The van der Waals surface area contributed by atoms with Crippen LogP contribution in [0.1, 0.15) is 46.4 Å². The summed E-state index contributed by atoms with van der Waals surface area (Å²) in [5.41, 5.74) is 2.90. The van der Waals surface area contributed by atoms with Gasteiger partial charge in [-0.3, -0.25) is 14.4 Å². The lowest BCUT2D eigenvalue weighted by molar-refractivity contribution is -0.117. The zero-order valence-corrected chi connectivity index (χ0v) is 20.7. The predicted octanol–water partition coefficient (Wildman–Crippen LogP) is 2.82. The number of amides is 3. The van der Waals surface area contributed by atoms with Crippen molar-refractivity contribution in [1.29, 1.82) is 0 Å². The van der Waals surface area contributed by atoms with Gasteiger partial charge in [0.25, 0.3) is 11.8 Å². The van der Waals surface area contributed by atoms with Gasteiger partial charge in [-0.1, -0.05) is 18.2 Å². The molecule has 0 unspecified atom stereocenters. The van der Waals surface area contributed by atoms with E-state index in [0.717, 1.165) is 57.5 Å². The summed E-state index contributed by atoms with van der Waals surface area (Å²) in [5, 5.41) is 6.45. The van der Waals surface area contributed by atoms with Crippen LogP contribution < -0.4 is 15.5 Å². The van der Waals surface area contributed by atoms with Crippen LogP contribution >= 0.6 is 0 Å². The molecule has 2 aromatic rings. The van der Waals surface area contributed by atoms with Crippen LogP contribution in [0.3, 0.4) is 0 Å². The first-order chi connectivity index (χ1) is 17.6. The smallest absolute Gasteiger partial charge is 0.253 e. The van der Waals surface area contributed by atoms with Crippen LogP contribution in [-0.2, 0) is 4.79 Å². The van der Waals surface area contributed by atoms with E-state index in [0.29, 0.717) is 43.0 Å². The van der Waals surface area contributed by atoms with Crippen molar-refractivity contribution < 1.29 is 14.4 Å². The molecule has 5 rings (SSSR count). The molecule has 36 heavy (non-hydrogen) atoms. The molecule has 1 saturated carbocycles. The van der Waals surface area contributed by atoms with E-state index in [9.17, 15) is 14.4 Å². The molecule has 2 N–H and O–H groups in total. The van der Waals surface area contributed by atoms with Gasteiger partial charge in [-0.05, 0) is 62.6 Å². The Labute approximate surface area is 212 Å². The molecule has 0 atom stereocenters. The summed E-state index contributed by atoms with van der Waals surface area (Å²) in [7, 11) is 0. The van der Waals surface area contributed by atoms with Gasteiger partial charge < -0.3 is 25.3 Å². The number of carbonyl (C=O) groups excluding carboxylic acids is 3. The van der Waals surface area contributed by atoms with Gasteiger partial charge in [-0.2, -0.15) is 0 Å². The Balaban J connectivity index is 1.35. The lowest BCUT2D eigenvalue weighted by Crippen LogP contribution is -2.35. The largest absolute Gasteiger partial charge is 0.368 e. The summed E-state index contributed by atoms with van der Waals surface area (Å²) >= 11 is 0. The van der Waals surface area contributed by atoms with Crippen molar-refractivity contribution in [2.24, 2.45) is 5.92 Å². The van der Waals surface area contributed by atoms with Crippen molar-refractivity contribution in [3.63, 3.8) is 0 Å². The number of hydrogen-bond donors (Lipinski definition) is 2. The second-order valence-corrected chi connectivity index (χ2v) is 9.89. The van der Waals surface area contributed by atoms with E-state index < -0.39 is 0 Å². The number of carbonyl (C=O) groups is 3. The number of nitrogens with one attached hydrogen (secondary N) is 2. The number of rotatable bonds is 5. The molecule has 0 radical (unpaired) electrons. The fourth-order valence-electron chi connectivity index (χ4n) is 4.98. The summed E-state index contributed by atoms with van der Waals surface area (Å²) in [5.74, 6) is 0.141. The monoisotopic (exact) mass is 489 g/mol. The SMILES string of the molecule is O=C(Nc1cc(C(=O)N2CCCNCC2)ccc1N1CCCN(C(=O)c2ccccc2)CC1)C1CC1. The lowest BCUT2D eigenvalue weighted by atomic mass is 10.1. The summed E-state index contributed by atoms with van der Waals surface area (Å²) in [4.78, 5) is 45.0. The summed E-state index contributed by atoms with van der Waals surface area (Å²) < 4.78 is 0. The first-order valence-electron chi connectivity index (χ1n) is 13.1. The number of benzene rings is 2. The van der Waals surface area contributed by atoms with E-state index >= 15 is 0 Å². The molecule has 3 aliphatic rings. The highest BCUT2D eigenvalue weighted by molar-refractivity contribution is 6.01. The average molecular weight is 490 g/mol. The minimum Gasteiger partial charge on any atom is -0.368 e. The molecule has 2 aliphatic heterocycles. The van der Waals surface area contributed by atoms with Gasteiger partial charge in [-0.25, -0.2) is 0 Å². The molecule has 2 saturated heterocycles. The molecule has 8 nitrogen and oxygen atoms in total. The predicted molar refractivity (Wildman–Crippen MR) is 140 cm³/mol. The molecular weight excluding hydrogens is 454 g/mol. The molecule has 0 spiro atoms. The highest BCUT2D eigenvalue weighted by Gasteiger charge is 2.31. The molecule has 3 amide bonds. The summed E-state index contributed by atoms with van der Waals surface area (Å²) in [6.45, 7) is 5.85. The Morgan fingerprint density at radius 2 is 1.50 bits per heavy atom. The van der Waals surface area contributed by atoms with Crippen molar-refractivity contribution >= 4 is 29.1 Å². The number of nitrogens with zero attached hydrogens (tertiary/aromatic N) is 3. The average Bonchev–Trinajstić information content (AvgIpc) is 3.77. The van der Waals surface area contributed by atoms with Gasteiger partial charge in [-0.15, -0.1) is 0 Å². The zero-order chi connectivity index (χ0) is 24.9. The van der Waals surface area contributed by atoms with Crippen molar-refractivity contribution in [2.45, 2.75) is 25.7 Å². The summed E-state index contributed by atoms with van der Waals surface area (Å²) in [6.07, 6.45) is 3.60. The van der Waals surface area contributed by atoms with E-state index in [4.69, 9.17) is 0 Å². The maximum atomic E-state index is 13.3. The van der Waals surface area contributed by atoms with Crippen LogP contribution in [0.25, 0.3) is 0 Å². The van der Waals surface area contributed by atoms with Crippen molar-refractivity contribution in [1.82, 2.24) is 15.1 Å². The van der Waals surface area contributed by atoms with Crippen LogP contribution in [0.5, 0.6) is 0 Å². The normalized spacial score (nSPS) is 18.8. The van der Waals surface area contributed by atoms with Gasteiger partial charge in [0.2, 0.25) is 5.91 Å². The Bertz CT molecular complexity index is 1090. The zero-order valence-electron chi connectivity index (χ0n) is 20.7. The third-order valence-corrected chi connectivity index (χ3v) is 7.22. The lowest BCUT2D eigenvalue weighted by Gasteiger charge is -2.27. The highest BCUT2D eigenvalue weighted by atomic mass is 16.2. The third kappa shape index (κ3) is 5.70. The van der Waals surface area contributed by atoms with Crippen LogP contribution in [0, 0.1) is 5.92 Å². The first-order valence-corrected chi connectivity index (χ1v) is 13.1. The van der Waals surface area contributed by atoms with Gasteiger partial charge in [0.05, 0.1) is 11.4 Å². The summed E-state index contributed by atoms with van der Waals surface area (Å²) in [6, 6.07) is 15.1. The quantitative estimate of drug-likeness (QED) is 0.675. The molecule has 2 heterocycles. The number of anilines is 2. The van der Waals surface area contributed by atoms with E-state index in [-0.39, 0.29) is 23.6 Å². The second-order valence-electron chi connectivity index (χ2n) is 9.89. The van der Waals surface area contributed by atoms with Crippen molar-refractivity contribution in [3.8, 4) is 0 Å². The minimum atomic E-state index is 0.00247. The van der Waals surface area contributed by atoms with E-state index in [1.165, 1.54) is 0 Å². The van der Waals surface area contributed by atoms with Gasteiger partial charge in [0.15, 0.2) is 0 Å². The third-order valence-electron chi connectivity index (χ3n) is 7.22. The maximum absolute atomic E-state index is 13.3. The Kier molecular flexibility index (Phi) is 7.51. The highest BCUT2D eigenvalue weighted by Crippen LogP contribution is 2.34. The van der Waals surface area contributed by atoms with Gasteiger partial charge in [0, 0.05) is 62.9 Å². The van der Waals surface area contributed by atoms with Crippen LogP contribution in [0.2, 0.25) is 0 Å². The molecular formula is C28H35N5O3. The fraction of sp³-hybridized carbons (Fsp3) is 0.464. The first kappa shape index (κ1) is 24.3. The van der Waals surface area contributed by atoms with E-state index in [1.54, 1.807) is 0 Å². The molecule has 8 heteroatoms. The van der Waals surface area contributed by atoms with E-state index in [1.807, 2.05) is 58.3 Å². The van der Waals surface area contributed by atoms with Crippen molar-refractivity contribution in [3.05, 3.63) is 59.7 Å².